The maximum atomic E-state index is 12.6. The minimum absolute atomic E-state index is 0.236. The van der Waals surface area contributed by atoms with Crippen LogP contribution in [0.2, 0.25) is 0 Å². The Morgan fingerprint density at radius 2 is 2.06 bits per heavy atom. The van der Waals surface area contributed by atoms with Gasteiger partial charge in [0.2, 0.25) is 5.89 Å². The molecule has 0 saturated heterocycles. The Hall–Kier alpha value is -1.60. The third-order valence-electron chi connectivity index (χ3n) is 2.01. The summed E-state index contributed by atoms with van der Waals surface area (Å²) < 4.78 is 23.3. The highest BCUT2D eigenvalue weighted by Crippen LogP contribution is 2.16. The van der Waals surface area contributed by atoms with Gasteiger partial charge in [-0.1, -0.05) is 11.8 Å². The van der Waals surface area contributed by atoms with Crippen LogP contribution in [0, 0.1) is 5.82 Å². The Kier molecular flexibility index (Phi) is 4.54. The van der Waals surface area contributed by atoms with E-state index >= 15 is 0 Å². The van der Waals surface area contributed by atoms with Crippen molar-refractivity contribution >= 4 is 11.8 Å². The smallest absolute Gasteiger partial charge is 0.276 e. The lowest BCUT2D eigenvalue weighted by atomic mass is 10.3. The summed E-state index contributed by atoms with van der Waals surface area (Å²) in [6, 6.07) is 5.88. The van der Waals surface area contributed by atoms with Crippen LogP contribution >= 0.6 is 11.8 Å². The molecule has 1 heterocycles. The Labute approximate surface area is 108 Å². The fraction of sp³-hybridized carbons (Fsp3) is 0.273. The molecule has 1 aromatic heterocycles. The van der Waals surface area contributed by atoms with E-state index in [4.69, 9.17) is 14.9 Å². The molecule has 0 saturated carbocycles. The van der Waals surface area contributed by atoms with E-state index in [-0.39, 0.29) is 12.4 Å². The Morgan fingerprint density at radius 1 is 1.28 bits per heavy atom. The summed E-state index contributed by atoms with van der Waals surface area (Å²) in [7, 11) is 0. The molecule has 2 aromatic rings. The highest BCUT2D eigenvalue weighted by atomic mass is 32.2. The summed E-state index contributed by atoms with van der Waals surface area (Å²) in [6.45, 7) is 0.705. The SMILES string of the molecule is NCc1nnc(SCCOc2ccc(F)cc2)o1. The summed E-state index contributed by atoms with van der Waals surface area (Å²) in [5, 5.41) is 8.01. The first kappa shape index (κ1) is 12.8. The predicted octanol–water partition coefficient (Wildman–Crippen LogP) is 1.84. The monoisotopic (exact) mass is 269 g/mol. The molecule has 0 bridgehead atoms. The molecule has 5 nitrogen and oxygen atoms in total. The number of rotatable bonds is 6. The van der Waals surface area contributed by atoms with E-state index in [9.17, 15) is 4.39 Å². The average Bonchev–Trinajstić information content (AvgIpc) is 2.85. The Balaban J connectivity index is 1.71. The second kappa shape index (κ2) is 6.36. The first-order chi connectivity index (χ1) is 8.78. The number of aromatic nitrogens is 2. The Bertz CT molecular complexity index is 489. The molecule has 0 spiro atoms. The van der Waals surface area contributed by atoms with Gasteiger partial charge in [0.05, 0.1) is 13.2 Å². The second-order valence-electron chi connectivity index (χ2n) is 3.32. The number of nitrogens with two attached hydrogens (primary N) is 1. The standard InChI is InChI=1S/C11H12FN3O2S/c12-8-1-3-9(4-2-8)16-5-6-18-11-15-14-10(7-13)17-11/h1-4H,5-7,13H2. The van der Waals surface area contributed by atoms with E-state index in [0.29, 0.717) is 29.2 Å². The van der Waals surface area contributed by atoms with Gasteiger partial charge in [-0.2, -0.15) is 0 Å². The first-order valence-corrected chi connectivity index (χ1v) is 6.30. The third-order valence-corrected chi connectivity index (χ3v) is 2.80. The predicted molar refractivity (Wildman–Crippen MR) is 64.8 cm³/mol. The van der Waals surface area contributed by atoms with Crippen molar-refractivity contribution < 1.29 is 13.5 Å². The molecule has 18 heavy (non-hydrogen) atoms. The number of thioether (sulfide) groups is 1. The van der Waals surface area contributed by atoms with Crippen LogP contribution in [0.25, 0.3) is 0 Å². The van der Waals surface area contributed by atoms with Crippen LogP contribution in [0.4, 0.5) is 4.39 Å². The molecule has 96 valence electrons. The van der Waals surface area contributed by atoms with Crippen molar-refractivity contribution in [1.82, 2.24) is 10.2 Å². The number of nitrogens with zero attached hydrogens (tertiary/aromatic N) is 2. The topological polar surface area (TPSA) is 74.2 Å². The zero-order valence-electron chi connectivity index (χ0n) is 9.51. The lowest BCUT2D eigenvalue weighted by Gasteiger charge is -2.04. The van der Waals surface area contributed by atoms with Gasteiger partial charge in [-0.25, -0.2) is 4.39 Å². The molecular weight excluding hydrogens is 257 g/mol. The van der Waals surface area contributed by atoms with E-state index < -0.39 is 0 Å². The molecule has 2 N–H and O–H groups in total. The number of ether oxygens (including phenoxy) is 1. The molecule has 0 fully saturated rings. The highest BCUT2D eigenvalue weighted by molar-refractivity contribution is 7.99. The zero-order chi connectivity index (χ0) is 12.8. The Morgan fingerprint density at radius 3 is 2.72 bits per heavy atom. The lowest BCUT2D eigenvalue weighted by Crippen LogP contribution is -1.99. The lowest BCUT2D eigenvalue weighted by molar-refractivity contribution is 0.342. The van der Waals surface area contributed by atoms with E-state index in [1.54, 1.807) is 12.1 Å². The summed E-state index contributed by atoms with van der Waals surface area (Å²) in [5.41, 5.74) is 5.35. The summed E-state index contributed by atoms with van der Waals surface area (Å²) in [5.74, 6) is 1.42. The van der Waals surface area contributed by atoms with Crippen LogP contribution < -0.4 is 10.5 Å². The maximum absolute atomic E-state index is 12.6. The number of hydrogen-bond donors (Lipinski definition) is 1. The third kappa shape index (κ3) is 3.71. The van der Waals surface area contributed by atoms with Crippen LogP contribution in [-0.2, 0) is 6.54 Å². The fourth-order valence-electron chi connectivity index (χ4n) is 1.20. The summed E-state index contributed by atoms with van der Waals surface area (Å²) in [6.07, 6.45) is 0. The van der Waals surface area contributed by atoms with Crippen molar-refractivity contribution in [3.8, 4) is 5.75 Å². The maximum Gasteiger partial charge on any atom is 0.276 e. The van der Waals surface area contributed by atoms with Gasteiger partial charge >= 0.3 is 0 Å². The van der Waals surface area contributed by atoms with Crippen LogP contribution in [0.3, 0.4) is 0 Å². The van der Waals surface area contributed by atoms with Crippen LogP contribution in [0.5, 0.6) is 5.75 Å². The minimum Gasteiger partial charge on any atom is -0.493 e. The molecule has 0 atom stereocenters. The number of benzene rings is 1. The molecule has 0 radical (unpaired) electrons. The van der Waals surface area contributed by atoms with Gasteiger partial charge in [0.25, 0.3) is 5.22 Å². The number of halogens is 1. The average molecular weight is 269 g/mol. The molecule has 0 unspecified atom stereocenters. The van der Waals surface area contributed by atoms with Crippen LogP contribution in [-0.4, -0.2) is 22.6 Å². The highest BCUT2D eigenvalue weighted by Gasteiger charge is 2.04. The molecule has 7 heteroatoms. The molecule has 1 aromatic carbocycles. The van der Waals surface area contributed by atoms with Crippen molar-refractivity contribution in [2.75, 3.05) is 12.4 Å². The molecule has 0 aliphatic rings. The quantitative estimate of drug-likeness (QED) is 0.637. The molecule has 0 aliphatic heterocycles. The van der Waals surface area contributed by atoms with Gasteiger partial charge in [-0.05, 0) is 24.3 Å². The van der Waals surface area contributed by atoms with E-state index in [1.807, 2.05) is 0 Å². The van der Waals surface area contributed by atoms with Crippen molar-refractivity contribution in [1.29, 1.82) is 0 Å². The molecule has 0 aliphatic carbocycles. The van der Waals surface area contributed by atoms with E-state index in [2.05, 4.69) is 10.2 Å². The van der Waals surface area contributed by atoms with Gasteiger partial charge < -0.3 is 14.9 Å². The molecule has 0 amide bonds. The minimum atomic E-state index is -0.281. The van der Waals surface area contributed by atoms with Gasteiger partial charge in [0.15, 0.2) is 0 Å². The van der Waals surface area contributed by atoms with E-state index in [0.717, 1.165) is 0 Å². The van der Waals surface area contributed by atoms with Crippen molar-refractivity contribution in [2.24, 2.45) is 5.73 Å². The summed E-state index contributed by atoms with van der Waals surface area (Å²) >= 11 is 1.38. The fourth-order valence-corrected chi connectivity index (χ4v) is 1.79. The van der Waals surface area contributed by atoms with Crippen LogP contribution in [0.1, 0.15) is 5.89 Å². The van der Waals surface area contributed by atoms with Crippen molar-refractivity contribution in [2.45, 2.75) is 11.8 Å². The zero-order valence-corrected chi connectivity index (χ0v) is 10.3. The summed E-state index contributed by atoms with van der Waals surface area (Å²) in [4.78, 5) is 0. The normalized spacial score (nSPS) is 10.6. The van der Waals surface area contributed by atoms with Gasteiger partial charge in [-0.3, -0.25) is 0 Å². The largest absolute Gasteiger partial charge is 0.493 e. The molecule has 2 rings (SSSR count). The van der Waals surface area contributed by atoms with Crippen molar-refractivity contribution in [3.63, 3.8) is 0 Å². The second-order valence-corrected chi connectivity index (χ2v) is 4.36. The number of hydrogen-bond acceptors (Lipinski definition) is 6. The first-order valence-electron chi connectivity index (χ1n) is 5.31. The molecular formula is C11H12FN3O2S. The van der Waals surface area contributed by atoms with Gasteiger partial charge in [0, 0.05) is 5.75 Å². The van der Waals surface area contributed by atoms with E-state index in [1.165, 1.54) is 23.9 Å². The van der Waals surface area contributed by atoms with Gasteiger partial charge in [0.1, 0.15) is 11.6 Å². The van der Waals surface area contributed by atoms with Crippen LogP contribution in [0.15, 0.2) is 33.9 Å². The van der Waals surface area contributed by atoms with Crippen molar-refractivity contribution in [3.05, 3.63) is 36.0 Å². The van der Waals surface area contributed by atoms with Gasteiger partial charge in [-0.15, -0.1) is 10.2 Å².